The molecule has 8 heteroatoms. The normalized spacial score (nSPS) is 11.7. The predicted octanol–water partition coefficient (Wildman–Crippen LogP) is 1.71. The highest BCUT2D eigenvalue weighted by Crippen LogP contribution is 2.10. The number of benzene rings is 2. The molecule has 0 aromatic heterocycles. The minimum atomic E-state index is -3.50. The fourth-order valence-corrected chi connectivity index (χ4v) is 3.27. The van der Waals surface area contributed by atoms with Crippen LogP contribution in [-0.2, 0) is 21.2 Å². The van der Waals surface area contributed by atoms with Crippen LogP contribution in [-0.4, -0.2) is 58.3 Å². The van der Waals surface area contributed by atoms with Crippen LogP contribution >= 0.6 is 0 Å². The van der Waals surface area contributed by atoms with E-state index >= 15 is 0 Å². The van der Waals surface area contributed by atoms with Crippen molar-refractivity contribution in [3.63, 3.8) is 0 Å². The van der Waals surface area contributed by atoms with Crippen LogP contribution in [0.25, 0.3) is 0 Å². The molecule has 0 fully saturated rings. The Labute approximate surface area is 166 Å². The first-order valence-electron chi connectivity index (χ1n) is 8.84. The lowest BCUT2D eigenvalue weighted by Crippen LogP contribution is -2.40. The molecule has 150 valence electrons. The molecule has 1 N–H and O–H groups in total. The van der Waals surface area contributed by atoms with Gasteiger partial charge in [0.2, 0.25) is 10.0 Å². The van der Waals surface area contributed by atoms with Crippen LogP contribution in [0.5, 0.6) is 0 Å². The lowest BCUT2D eigenvalue weighted by Gasteiger charge is -2.18. The van der Waals surface area contributed by atoms with Crippen LogP contribution in [0, 0.1) is 0 Å². The maximum atomic E-state index is 12.1. The number of carbonyl (C=O) groups excluding carboxylic acids is 1. The van der Waals surface area contributed by atoms with Crippen LogP contribution in [0.2, 0.25) is 0 Å². The highest BCUT2D eigenvalue weighted by atomic mass is 32.2. The van der Waals surface area contributed by atoms with Crippen molar-refractivity contribution in [3.8, 4) is 0 Å². The summed E-state index contributed by atoms with van der Waals surface area (Å²) in [5, 5.41) is 3.91. The molecule has 2 aromatic rings. The topological polar surface area (TPSA) is 82.1 Å². The summed E-state index contributed by atoms with van der Waals surface area (Å²) < 4.78 is 25.1. The average molecular weight is 403 g/mol. The molecule has 28 heavy (non-hydrogen) atoms. The van der Waals surface area contributed by atoms with Crippen molar-refractivity contribution in [1.82, 2.24) is 9.73 Å². The van der Waals surface area contributed by atoms with Gasteiger partial charge >= 0.3 is 0 Å². The summed E-state index contributed by atoms with van der Waals surface area (Å²) in [7, 11) is 0.402. The van der Waals surface area contributed by atoms with E-state index in [9.17, 15) is 13.2 Å². The average Bonchev–Trinajstić information content (AvgIpc) is 2.65. The smallest absolute Gasteiger partial charge is 0.255 e. The maximum absolute atomic E-state index is 12.1. The third-order valence-corrected chi connectivity index (χ3v) is 5.34. The highest BCUT2D eigenvalue weighted by molar-refractivity contribution is 7.88. The second-order valence-corrected chi connectivity index (χ2v) is 8.59. The molecule has 0 bridgehead atoms. The standard InChI is InChI=1S/C20H26N4O3S/c1-23(2)19-11-9-18(10-12-19)15-21-22-20(25)16-24(28(3,26)27)14-13-17-7-5-4-6-8-17/h4-12,15H,13-14,16H2,1-3H3,(H,22,25)/b21-15+. The van der Waals surface area contributed by atoms with Crippen LogP contribution in [0.1, 0.15) is 11.1 Å². The van der Waals surface area contributed by atoms with Crippen molar-refractivity contribution in [2.75, 3.05) is 38.3 Å². The van der Waals surface area contributed by atoms with Crippen molar-refractivity contribution in [2.45, 2.75) is 6.42 Å². The van der Waals surface area contributed by atoms with Gasteiger partial charge in [-0.2, -0.15) is 9.41 Å². The van der Waals surface area contributed by atoms with E-state index in [1.54, 1.807) is 0 Å². The van der Waals surface area contributed by atoms with E-state index in [1.807, 2.05) is 73.6 Å². The summed E-state index contributed by atoms with van der Waals surface area (Å²) in [5.41, 5.74) is 5.28. The Balaban J connectivity index is 1.90. The summed E-state index contributed by atoms with van der Waals surface area (Å²) in [5.74, 6) is -0.486. The Bertz CT molecular complexity index is 895. The van der Waals surface area contributed by atoms with E-state index in [0.717, 1.165) is 27.4 Å². The summed E-state index contributed by atoms with van der Waals surface area (Å²) in [6.45, 7) is -0.0471. The monoisotopic (exact) mass is 402 g/mol. The van der Waals surface area contributed by atoms with E-state index in [4.69, 9.17) is 0 Å². The van der Waals surface area contributed by atoms with Gasteiger partial charge < -0.3 is 4.90 Å². The van der Waals surface area contributed by atoms with Gasteiger partial charge in [-0.05, 0) is 29.7 Å². The summed E-state index contributed by atoms with van der Waals surface area (Å²) >= 11 is 0. The Morgan fingerprint density at radius 1 is 1.07 bits per heavy atom. The van der Waals surface area contributed by atoms with E-state index in [0.29, 0.717) is 6.42 Å². The molecule has 0 saturated carbocycles. The third-order valence-electron chi connectivity index (χ3n) is 4.09. The first-order chi connectivity index (χ1) is 13.3. The lowest BCUT2D eigenvalue weighted by molar-refractivity contribution is -0.121. The second-order valence-electron chi connectivity index (χ2n) is 6.61. The number of nitrogens with one attached hydrogen (secondary N) is 1. The fraction of sp³-hybridized carbons (Fsp3) is 0.300. The number of hydrogen-bond donors (Lipinski definition) is 1. The van der Waals surface area contributed by atoms with E-state index in [-0.39, 0.29) is 13.1 Å². The van der Waals surface area contributed by atoms with Crippen molar-refractivity contribution >= 4 is 27.8 Å². The molecule has 7 nitrogen and oxygen atoms in total. The van der Waals surface area contributed by atoms with Crippen molar-refractivity contribution < 1.29 is 13.2 Å². The molecule has 1 amide bonds. The fourth-order valence-electron chi connectivity index (χ4n) is 2.49. The van der Waals surface area contributed by atoms with Crippen molar-refractivity contribution in [3.05, 3.63) is 65.7 Å². The van der Waals surface area contributed by atoms with Gasteiger partial charge in [0.15, 0.2) is 0 Å². The number of nitrogens with zero attached hydrogens (tertiary/aromatic N) is 3. The minimum absolute atomic E-state index is 0.228. The van der Waals surface area contributed by atoms with Gasteiger partial charge in [0, 0.05) is 26.3 Å². The predicted molar refractivity (Wildman–Crippen MR) is 113 cm³/mol. The molecule has 2 rings (SSSR count). The first-order valence-corrected chi connectivity index (χ1v) is 10.7. The molecule has 0 saturated heterocycles. The summed E-state index contributed by atoms with van der Waals surface area (Å²) in [6.07, 6.45) is 3.15. The van der Waals surface area contributed by atoms with E-state index in [1.165, 1.54) is 6.21 Å². The lowest BCUT2D eigenvalue weighted by atomic mass is 10.1. The number of hydrogen-bond acceptors (Lipinski definition) is 5. The molecule has 0 aliphatic carbocycles. The number of carbonyl (C=O) groups is 1. The third kappa shape index (κ3) is 7.13. The quantitative estimate of drug-likeness (QED) is 0.511. The van der Waals surface area contributed by atoms with Crippen LogP contribution in [0.15, 0.2) is 59.7 Å². The zero-order chi connectivity index (χ0) is 20.6. The molecule has 0 spiro atoms. The SMILES string of the molecule is CN(C)c1ccc(/C=N/NC(=O)CN(CCc2ccccc2)S(C)(=O)=O)cc1. The number of rotatable bonds is 9. The van der Waals surface area contributed by atoms with Crippen LogP contribution < -0.4 is 10.3 Å². The number of sulfonamides is 1. The number of anilines is 1. The zero-order valence-electron chi connectivity index (χ0n) is 16.4. The Morgan fingerprint density at radius 2 is 1.71 bits per heavy atom. The van der Waals surface area contributed by atoms with E-state index < -0.39 is 15.9 Å². The molecule has 0 heterocycles. The first kappa shape index (κ1) is 21.6. The van der Waals surface area contributed by atoms with Gasteiger partial charge in [-0.15, -0.1) is 0 Å². The van der Waals surface area contributed by atoms with Gasteiger partial charge in [0.1, 0.15) is 0 Å². The van der Waals surface area contributed by atoms with Crippen molar-refractivity contribution in [2.24, 2.45) is 5.10 Å². The van der Waals surface area contributed by atoms with Crippen LogP contribution in [0.3, 0.4) is 0 Å². The molecule has 0 aliphatic rings. The number of hydrazone groups is 1. The van der Waals surface area contributed by atoms with Crippen LogP contribution in [0.4, 0.5) is 5.69 Å². The van der Waals surface area contributed by atoms with Gasteiger partial charge in [-0.3, -0.25) is 4.79 Å². The molecule has 2 aromatic carbocycles. The Morgan fingerprint density at radius 3 is 2.29 bits per heavy atom. The van der Waals surface area contributed by atoms with Gasteiger partial charge in [-0.1, -0.05) is 42.5 Å². The van der Waals surface area contributed by atoms with Crippen molar-refractivity contribution in [1.29, 1.82) is 0 Å². The largest absolute Gasteiger partial charge is 0.378 e. The Kier molecular flexibility index (Phi) is 7.71. The molecule has 0 unspecified atom stereocenters. The maximum Gasteiger partial charge on any atom is 0.255 e. The zero-order valence-corrected chi connectivity index (χ0v) is 17.2. The Hall–Kier alpha value is -2.71. The van der Waals surface area contributed by atoms with Gasteiger partial charge in [-0.25, -0.2) is 13.8 Å². The minimum Gasteiger partial charge on any atom is -0.378 e. The molecule has 0 atom stereocenters. The molecular weight excluding hydrogens is 376 g/mol. The molecule has 0 aliphatic heterocycles. The molecule has 0 radical (unpaired) electrons. The second kappa shape index (κ2) is 10.0. The highest BCUT2D eigenvalue weighted by Gasteiger charge is 2.19. The van der Waals surface area contributed by atoms with E-state index in [2.05, 4.69) is 10.5 Å². The summed E-state index contributed by atoms with van der Waals surface area (Å²) in [4.78, 5) is 14.1. The number of amides is 1. The van der Waals surface area contributed by atoms with Gasteiger partial charge in [0.25, 0.3) is 5.91 Å². The summed E-state index contributed by atoms with van der Waals surface area (Å²) in [6, 6.07) is 17.2. The molecular formula is C20H26N4O3S. The van der Waals surface area contributed by atoms with Gasteiger partial charge in [0.05, 0.1) is 19.0 Å².